The van der Waals surface area contributed by atoms with E-state index in [1.165, 1.54) is 0 Å². The largest absolute Gasteiger partial charge is 0.495 e. The number of aryl methyl sites for hydroxylation is 2. The first kappa shape index (κ1) is 19.9. The molecule has 3 heterocycles. The molecule has 1 aliphatic rings. The summed E-state index contributed by atoms with van der Waals surface area (Å²) in [4.78, 5) is 28.1. The van der Waals surface area contributed by atoms with Crippen molar-refractivity contribution in [2.75, 3.05) is 30.4 Å². The Morgan fingerprint density at radius 3 is 2.57 bits per heavy atom. The van der Waals surface area contributed by atoms with Gasteiger partial charge in [0.05, 0.1) is 12.8 Å². The van der Waals surface area contributed by atoms with Gasteiger partial charge in [-0.05, 0) is 44.4 Å². The number of ether oxygens (including phenoxy) is 1. The van der Waals surface area contributed by atoms with Gasteiger partial charge in [-0.3, -0.25) is 9.36 Å². The van der Waals surface area contributed by atoms with E-state index in [0.29, 0.717) is 5.75 Å². The summed E-state index contributed by atoms with van der Waals surface area (Å²) >= 11 is 0. The lowest BCUT2D eigenvalue weighted by molar-refractivity contribution is -0.120. The predicted octanol–water partition coefficient (Wildman–Crippen LogP) is 3.14. The second-order valence-electron chi connectivity index (χ2n) is 7.53. The number of hydrogen-bond acceptors (Lipinski definition) is 6. The summed E-state index contributed by atoms with van der Waals surface area (Å²) in [5.41, 5.74) is 1.80. The average Bonchev–Trinajstić information content (AvgIpc) is 3.20. The molecule has 0 bridgehead atoms. The summed E-state index contributed by atoms with van der Waals surface area (Å²) in [5.74, 6) is 3.21. The highest BCUT2D eigenvalue weighted by molar-refractivity contribution is 5.94. The van der Waals surface area contributed by atoms with E-state index >= 15 is 0 Å². The van der Waals surface area contributed by atoms with Crippen LogP contribution in [0.15, 0.2) is 43.0 Å². The molecule has 156 valence electrons. The van der Waals surface area contributed by atoms with Crippen LogP contribution >= 0.6 is 0 Å². The standard InChI is InChI=1S/C22H26N6O2/c1-15-4-5-19(30-3)18(12-15)26-22(29)17-6-9-27(10-7-17)20-13-21(25-14-24-20)28-11-8-23-16(28)2/h4-5,8,11-14,17H,6-7,9-10H2,1-3H3,(H,26,29). The summed E-state index contributed by atoms with van der Waals surface area (Å²) < 4.78 is 7.30. The molecule has 1 fully saturated rings. The van der Waals surface area contributed by atoms with E-state index < -0.39 is 0 Å². The first-order valence-electron chi connectivity index (χ1n) is 10.1. The van der Waals surface area contributed by atoms with Gasteiger partial charge >= 0.3 is 0 Å². The molecule has 1 aliphatic heterocycles. The number of carbonyl (C=O) groups is 1. The fourth-order valence-corrected chi connectivity index (χ4v) is 3.79. The summed E-state index contributed by atoms with van der Waals surface area (Å²) in [6.07, 6.45) is 6.75. The van der Waals surface area contributed by atoms with E-state index in [9.17, 15) is 4.79 Å². The van der Waals surface area contributed by atoms with Crippen LogP contribution in [0.25, 0.3) is 5.82 Å². The molecule has 8 nitrogen and oxygen atoms in total. The van der Waals surface area contributed by atoms with Gasteiger partial charge in [-0.1, -0.05) is 6.07 Å². The van der Waals surface area contributed by atoms with Crippen LogP contribution in [0.2, 0.25) is 0 Å². The second kappa shape index (κ2) is 8.52. The van der Waals surface area contributed by atoms with Crippen molar-refractivity contribution in [1.29, 1.82) is 0 Å². The van der Waals surface area contributed by atoms with Gasteiger partial charge in [0.2, 0.25) is 5.91 Å². The van der Waals surface area contributed by atoms with Gasteiger partial charge in [-0.25, -0.2) is 15.0 Å². The van der Waals surface area contributed by atoms with Crippen LogP contribution < -0.4 is 15.0 Å². The lowest BCUT2D eigenvalue weighted by Crippen LogP contribution is -2.38. The quantitative estimate of drug-likeness (QED) is 0.701. The second-order valence-corrected chi connectivity index (χ2v) is 7.53. The molecule has 1 saturated heterocycles. The first-order chi connectivity index (χ1) is 14.5. The number of imidazole rings is 1. The fraction of sp³-hybridized carbons (Fsp3) is 0.364. The van der Waals surface area contributed by atoms with Crippen LogP contribution in [-0.4, -0.2) is 45.6 Å². The zero-order valence-corrected chi connectivity index (χ0v) is 17.5. The van der Waals surface area contributed by atoms with Gasteiger partial charge in [-0.15, -0.1) is 0 Å². The van der Waals surface area contributed by atoms with Gasteiger partial charge in [0.1, 0.15) is 29.5 Å². The van der Waals surface area contributed by atoms with Crippen LogP contribution in [0, 0.1) is 19.8 Å². The Bertz CT molecular complexity index is 1040. The van der Waals surface area contributed by atoms with Crippen molar-refractivity contribution in [3.8, 4) is 11.6 Å². The topological polar surface area (TPSA) is 85.2 Å². The van der Waals surface area contributed by atoms with Crippen LogP contribution in [0.5, 0.6) is 5.75 Å². The molecule has 4 rings (SSSR count). The SMILES string of the molecule is COc1ccc(C)cc1NC(=O)C1CCN(c2cc(-n3ccnc3C)ncn2)CC1. The molecule has 0 spiro atoms. The first-order valence-corrected chi connectivity index (χ1v) is 10.1. The molecule has 2 aromatic heterocycles. The number of piperidine rings is 1. The smallest absolute Gasteiger partial charge is 0.227 e. The number of carbonyl (C=O) groups excluding carboxylic acids is 1. The van der Waals surface area contributed by atoms with Crippen LogP contribution in [-0.2, 0) is 4.79 Å². The van der Waals surface area contributed by atoms with Gasteiger partial charge in [0.25, 0.3) is 0 Å². The Hall–Kier alpha value is -3.42. The molecule has 0 radical (unpaired) electrons. The van der Waals surface area contributed by atoms with Crippen LogP contribution in [0.4, 0.5) is 11.5 Å². The average molecular weight is 406 g/mol. The van der Waals surface area contributed by atoms with Crippen molar-refractivity contribution in [1.82, 2.24) is 19.5 Å². The minimum absolute atomic E-state index is 0.0379. The summed E-state index contributed by atoms with van der Waals surface area (Å²) in [6, 6.07) is 7.75. The van der Waals surface area contributed by atoms with Gasteiger partial charge in [0.15, 0.2) is 0 Å². The fourth-order valence-electron chi connectivity index (χ4n) is 3.79. The molecule has 1 amide bonds. The Morgan fingerprint density at radius 1 is 1.10 bits per heavy atom. The Labute approximate surface area is 175 Å². The maximum Gasteiger partial charge on any atom is 0.227 e. The molecule has 1 aromatic carbocycles. The summed E-state index contributed by atoms with van der Waals surface area (Å²) in [6.45, 7) is 5.47. The molecule has 3 aromatic rings. The molecular weight excluding hydrogens is 380 g/mol. The molecule has 0 unspecified atom stereocenters. The number of rotatable bonds is 5. The van der Waals surface area contributed by atoms with Gasteiger partial charge in [0, 0.05) is 37.5 Å². The molecule has 0 aliphatic carbocycles. The molecule has 30 heavy (non-hydrogen) atoms. The highest BCUT2D eigenvalue weighted by Gasteiger charge is 2.26. The van der Waals surface area contributed by atoms with Crippen molar-refractivity contribution in [3.05, 3.63) is 54.4 Å². The third-order valence-electron chi connectivity index (χ3n) is 5.51. The normalized spacial score (nSPS) is 14.6. The minimum Gasteiger partial charge on any atom is -0.495 e. The number of anilines is 2. The highest BCUT2D eigenvalue weighted by atomic mass is 16.5. The maximum atomic E-state index is 12.8. The number of hydrogen-bond donors (Lipinski definition) is 1. The van der Waals surface area contributed by atoms with Crippen molar-refractivity contribution >= 4 is 17.4 Å². The minimum atomic E-state index is -0.0383. The van der Waals surface area contributed by atoms with Gasteiger partial charge < -0.3 is 15.0 Å². The number of aromatic nitrogens is 4. The molecular formula is C22H26N6O2. The summed E-state index contributed by atoms with van der Waals surface area (Å²) in [5, 5.41) is 3.04. The highest BCUT2D eigenvalue weighted by Crippen LogP contribution is 2.28. The van der Waals surface area contributed by atoms with E-state index in [0.717, 1.165) is 54.6 Å². The third-order valence-corrected chi connectivity index (χ3v) is 5.51. The summed E-state index contributed by atoms with van der Waals surface area (Å²) in [7, 11) is 1.61. The molecule has 0 atom stereocenters. The zero-order chi connectivity index (χ0) is 21.1. The van der Waals surface area contributed by atoms with E-state index in [1.807, 2.05) is 48.9 Å². The third kappa shape index (κ3) is 4.12. The number of benzene rings is 1. The molecule has 8 heteroatoms. The maximum absolute atomic E-state index is 12.8. The lowest BCUT2D eigenvalue weighted by Gasteiger charge is -2.32. The Morgan fingerprint density at radius 2 is 1.87 bits per heavy atom. The van der Waals surface area contributed by atoms with E-state index in [1.54, 1.807) is 19.6 Å². The molecule has 1 N–H and O–H groups in total. The van der Waals surface area contributed by atoms with Gasteiger partial charge in [-0.2, -0.15) is 0 Å². The lowest BCUT2D eigenvalue weighted by atomic mass is 9.95. The zero-order valence-electron chi connectivity index (χ0n) is 17.5. The van der Waals surface area contributed by atoms with E-state index in [4.69, 9.17) is 4.74 Å². The predicted molar refractivity (Wildman–Crippen MR) is 115 cm³/mol. The number of methoxy groups -OCH3 is 1. The van der Waals surface area contributed by atoms with Crippen molar-refractivity contribution in [2.45, 2.75) is 26.7 Å². The number of nitrogens with one attached hydrogen (secondary N) is 1. The van der Waals surface area contributed by atoms with Crippen LogP contribution in [0.3, 0.4) is 0 Å². The van der Waals surface area contributed by atoms with Crippen molar-refractivity contribution < 1.29 is 9.53 Å². The van der Waals surface area contributed by atoms with E-state index in [2.05, 4.69) is 25.2 Å². The van der Waals surface area contributed by atoms with Crippen molar-refractivity contribution in [3.63, 3.8) is 0 Å². The van der Waals surface area contributed by atoms with E-state index in [-0.39, 0.29) is 11.8 Å². The Kier molecular flexibility index (Phi) is 5.65. The molecule has 0 saturated carbocycles. The number of amides is 1. The monoisotopic (exact) mass is 406 g/mol. The van der Waals surface area contributed by atoms with Crippen molar-refractivity contribution in [2.24, 2.45) is 5.92 Å². The number of nitrogens with zero attached hydrogens (tertiary/aromatic N) is 5. The van der Waals surface area contributed by atoms with Crippen LogP contribution in [0.1, 0.15) is 24.2 Å². The Balaban J connectivity index is 1.40.